The minimum Gasteiger partial charge on any atom is -0.381 e. The number of primary amides is 1. The van der Waals surface area contributed by atoms with Gasteiger partial charge in [-0.25, -0.2) is 0 Å². The summed E-state index contributed by atoms with van der Waals surface area (Å²) in [4.78, 5) is 37.8. The first-order valence-electron chi connectivity index (χ1n) is 11.0. The van der Waals surface area contributed by atoms with E-state index < -0.39 is 5.91 Å². The highest BCUT2D eigenvalue weighted by Crippen LogP contribution is 2.20. The van der Waals surface area contributed by atoms with Crippen molar-refractivity contribution < 1.29 is 19.1 Å². The lowest BCUT2D eigenvalue weighted by molar-refractivity contribution is -0.129. The third-order valence-electron chi connectivity index (χ3n) is 5.85. The summed E-state index contributed by atoms with van der Waals surface area (Å²) in [5.41, 5.74) is 9.42. The molecular weight excluding hydrogens is 406 g/mol. The van der Waals surface area contributed by atoms with Crippen LogP contribution in [0.3, 0.4) is 0 Å². The molecule has 0 bridgehead atoms. The van der Waals surface area contributed by atoms with Crippen LogP contribution in [0, 0.1) is 0 Å². The number of nitrogens with one attached hydrogen (secondary N) is 1. The molecule has 7 heteroatoms. The molecule has 0 aromatic heterocycles. The fraction of sp³-hybridized carbons (Fsp3) is 0.400. The second-order valence-electron chi connectivity index (χ2n) is 8.11. The highest BCUT2D eigenvalue weighted by atomic mass is 16.5. The summed E-state index contributed by atoms with van der Waals surface area (Å²) in [6, 6.07) is 13.0. The lowest BCUT2D eigenvalue weighted by Crippen LogP contribution is -2.38. The SMILES string of the molecule is CCN(Cc1ccc(C(N)=O)cc1Cc1ccc(C(=O)NC2CCOCC2)cc1)C(C)=O. The van der Waals surface area contributed by atoms with E-state index in [-0.39, 0.29) is 17.9 Å². The van der Waals surface area contributed by atoms with E-state index in [9.17, 15) is 14.4 Å². The van der Waals surface area contributed by atoms with Crippen LogP contribution in [0.25, 0.3) is 0 Å². The third-order valence-corrected chi connectivity index (χ3v) is 5.85. The Hall–Kier alpha value is -3.19. The molecule has 0 atom stereocenters. The predicted octanol–water partition coefficient (Wildman–Crippen LogP) is 2.65. The molecule has 1 aliphatic heterocycles. The van der Waals surface area contributed by atoms with Crippen molar-refractivity contribution in [2.24, 2.45) is 5.73 Å². The maximum absolute atomic E-state index is 12.5. The van der Waals surface area contributed by atoms with Crippen molar-refractivity contribution in [1.29, 1.82) is 0 Å². The molecule has 3 rings (SSSR count). The Morgan fingerprint density at radius 1 is 1.03 bits per heavy atom. The second-order valence-corrected chi connectivity index (χ2v) is 8.11. The minimum atomic E-state index is -0.489. The molecule has 1 saturated heterocycles. The number of nitrogens with zero attached hydrogens (tertiary/aromatic N) is 1. The fourth-order valence-electron chi connectivity index (χ4n) is 3.85. The molecule has 1 fully saturated rings. The lowest BCUT2D eigenvalue weighted by atomic mass is 9.96. The van der Waals surface area contributed by atoms with Crippen molar-refractivity contribution in [3.63, 3.8) is 0 Å². The predicted molar refractivity (Wildman–Crippen MR) is 122 cm³/mol. The van der Waals surface area contributed by atoms with Crippen LogP contribution in [0.15, 0.2) is 42.5 Å². The Bertz CT molecular complexity index is 966. The Labute approximate surface area is 188 Å². The van der Waals surface area contributed by atoms with E-state index in [1.807, 2.05) is 37.3 Å². The van der Waals surface area contributed by atoms with Crippen LogP contribution < -0.4 is 11.1 Å². The molecule has 0 aliphatic carbocycles. The van der Waals surface area contributed by atoms with E-state index in [1.165, 1.54) is 0 Å². The van der Waals surface area contributed by atoms with Crippen LogP contribution in [0.4, 0.5) is 0 Å². The Morgan fingerprint density at radius 2 is 1.69 bits per heavy atom. The molecule has 32 heavy (non-hydrogen) atoms. The molecule has 0 saturated carbocycles. The number of carbonyl (C=O) groups excluding carboxylic acids is 3. The highest BCUT2D eigenvalue weighted by molar-refractivity contribution is 5.94. The van der Waals surface area contributed by atoms with Crippen LogP contribution >= 0.6 is 0 Å². The zero-order valence-electron chi connectivity index (χ0n) is 18.7. The fourth-order valence-corrected chi connectivity index (χ4v) is 3.85. The van der Waals surface area contributed by atoms with Crippen molar-refractivity contribution in [2.75, 3.05) is 19.8 Å². The van der Waals surface area contributed by atoms with Gasteiger partial charge in [0.15, 0.2) is 0 Å². The van der Waals surface area contributed by atoms with E-state index in [0.29, 0.717) is 43.9 Å². The van der Waals surface area contributed by atoms with Gasteiger partial charge in [-0.1, -0.05) is 18.2 Å². The van der Waals surface area contributed by atoms with Gasteiger partial charge in [-0.15, -0.1) is 0 Å². The van der Waals surface area contributed by atoms with Gasteiger partial charge in [-0.3, -0.25) is 14.4 Å². The monoisotopic (exact) mass is 437 g/mol. The summed E-state index contributed by atoms with van der Waals surface area (Å²) in [5, 5.41) is 3.06. The Balaban J connectivity index is 1.76. The molecule has 3 amide bonds. The summed E-state index contributed by atoms with van der Waals surface area (Å²) in [6.07, 6.45) is 2.23. The number of hydrogen-bond donors (Lipinski definition) is 2. The molecule has 2 aromatic carbocycles. The number of rotatable bonds is 8. The molecule has 0 spiro atoms. The molecule has 2 aromatic rings. The largest absolute Gasteiger partial charge is 0.381 e. The zero-order chi connectivity index (χ0) is 23.1. The van der Waals surface area contributed by atoms with Gasteiger partial charge in [0.1, 0.15) is 0 Å². The van der Waals surface area contributed by atoms with Crippen LogP contribution in [-0.2, 0) is 22.5 Å². The molecule has 1 heterocycles. The van der Waals surface area contributed by atoms with Gasteiger partial charge >= 0.3 is 0 Å². The smallest absolute Gasteiger partial charge is 0.251 e. The molecule has 0 radical (unpaired) electrons. The average molecular weight is 438 g/mol. The normalized spacial score (nSPS) is 14.1. The van der Waals surface area contributed by atoms with Gasteiger partial charge in [0.2, 0.25) is 11.8 Å². The van der Waals surface area contributed by atoms with Gasteiger partial charge < -0.3 is 20.7 Å². The van der Waals surface area contributed by atoms with Gasteiger partial charge in [0, 0.05) is 50.4 Å². The third kappa shape index (κ3) is 6.17. The van der Waals surface area contributed by atoms with Crippen molar-refractivity contribution in [1.82, 2.24) is 10.2 Å². The zero-order valence-corrected chi connectivity index (χ0v) is 18.7. The summed E-state index contributed by atoms with van der Waals surface area (Å²) in [7, 11) is 0. The minimum absolute atomic E-state index is 0.00248. The molecule has 3 N–H and O–H groups in total. The maximum atomic E-state index is 12.5. The van der Waals surface area contributed by atoms with Crippen LogP contribution in [0.1, 0.15) is 64.1 Å². The molecule has 1 aliphatic rings. The van der Waals surface area contributed by atoms with Crippen molar-refractivity contribution in [3.05, 3.63) is 70.3 Å². The van der Waals surface area contributed by atoms with Crippen molar-refractivity contribution in [3.8, 4) is 0 Å². The quantitative estimate of drug-likeness (QED) is 0.663. The number of hydrogen-bond acceptors (Lipinski definition) is 4. The van der Waals surface area contributed by atoms with Gasteiger partial charge in [0.05, 0.1) is 0 Å². The van der Waals surface area contributed by atoms with Crippen LogP contribution in [0.2, 0.25) is 0 Å². The number of carbonyl (C=O) groups is 3. The number of nitrogens with two attached hydrogens (primary N) is 1. The maximum Gasteiger partial charge on any atom is 0.251 e. The first-order chi connectivity index (χ1) is 15.4. The molecule has 7 nitrogen and oxygen atoms in total. The Kier molecular flexibility index (Phi) is 8.00. The van der Waals surface area contributed by atoms with Gasteiger partial charge in [-0.05, 0) is 67.1 Å². The second kappa shape index (κ2) is 10.9. The van der Waals surface area contributed by atoms with Gasteiger partial charge in [-0.2, -0.15) is 0 Å². The molecule has 170 valence electrons. The number of amides is 3. The molecule has 0 unspecified atom stereocenters. The summed E-state index contributed by atoms with van der Waals surface area (Å²) in [5.74, 6) is -0.575. The van der Waals surface area contributed by atoms with E-state index in [4.69, 9.17) is 10.5 Å². The average Bonchev–Trinajstić information content (AvgIpc) is 2.79. The first kappa shape index (κ1) is 23.5. The van der Waals surface area contributed by atoms with E-state index >= 15 is 0 Å². The van der Waals surface area contributed by atoms with Crippen LogP contribution in [-0.4, -0.2) is 48.4 Å². The number of benzene rings is 2. The summed E-state index contributed by atoms with van der Waals surface area (Å²) < 4.78 is 5.33. The first-order valence-corrected chi connectivity index (χ1v) is 11.0. The van der Waals surface area contributed by atoms with E-state index in [0.717, 1.165) is 29.5 Å². The summed E-state index contributed by atoms with van der Waals surface area (Å²) >= 11 is 0. The van der Waals surface area contributed by atoms with E-state index in [2.05, 4.69) is 5.32 Å². The Morgan fingerprint density at radius 3 is 2.28 bits per heavy atom. The van der Waals surface area contributed by atoms with Crippen molar-refractivity contribution >= 4 is 17.7 Å². The standard InChI is InChI=1S/C25H31N3O4/c1-3-28(17(2)29)16-21-9-8-20(24(26)30)15-22(21)14-18-4-6-19(7-5-18)25(31)27-23-10-12-32-13-11-23/h4-9,15,23H,3,10-14,16H2,1-2H3,(H2,26,30)(H,27,31). The van der Waals surface area contributed by atoms with Gasteiger partial charge in [0.25, 0.3) is 5.91 Å². The lowest BCUT2D eigenvalue weighted by Gasteiger charge is -2.23. The topological polar surface area (TPSA) is 102 Å². The van der Waals surface area contributed by atoms with Crippen LogP contribution in [0.5, 0.6) is 0 Å². The summed E-state index contributed by atoms with van der Waals surface area (Å²) in [6.45, 7) is 5.90. The molecular formula is C25H31N3O4. The van der Waals surface area contributed by atoms with Crippen molar-refractivity contribution in [2.45, 2.75) is 45.7 Å². The highest BCUT2D eigenvalue weighted by Gasteiger charge is 2.17. The number of ether oxygens (including phenoxy) is 1. The van der Waals surface area contributed by atoms with E-state index in [1.54, 1.807) is 24.0 Å².